The molecule has 0 saturated heterocycles. The van der Waals surface area contributed by atoms with Crippen molar-refractivity contribution in [2.75, 3.05) is 12.4 Å². The zero-order chi connectivity index (χ0) is 15.6. The van der Waals surface area contributed by atoms with Gasteiger partial charge in [-0.25, -0.2) is 9.97 Å². The minimum Gasteiger partial charge on any atom is -0.497 e. The molecule has 5 heteroatoms. The normalized spacial score (nSPS) is 13.8. The molecule has 1 aromatic carbocycles. The number of ether oxygens (including phenoxy) is 1. The fourth-order valence-corrected chi connectivity index (χ4v) is 3.19. The first-order valence-corrected chi connectivity index (χ1v) is 7.97. The summed E-state index contributed by atoms with van der Waals surface area (Å²) in [6, 6.07) is 8.03. The number of furan rings is 1. The fourth-order valence-electron chi connectivity index (χ4n) is 3.19. The molecular formula is C18H19N3O2. The molecule has 0 unspecified atom stereocenters. The molecule has 4 rings (SSSR count). The van der Waals surface area contributed by atoms with Gasteiger partial charge in [0, 0.05) is 18.5 Å². The van der Waals surface area contributed by atoms with Gasteiger partial charge in [0.1, 0.15) is 23.7 Å². The number of hydrogen-bond donors (Lipinski definition) is 1. The third kappa shape index (κ3) is 2.63. The van der Waals surface area contributed by atoms with Gasteiger partial charge in [0.2, 0.25) is 5.71 Å². The predicted octanol–water partition coefficient (Wildman–Crippen LogP) is 3.72. The molecule has 1 N–H and O–H groups in total. The van der Waals surface area contributed by atoms with Gasteiger partial charge >= 0.3 is 0 Å². The van der Waals surface area contributed by atoms with E-state index in [0.717, 1.165) is 41.1 Å². The van der Waals surface area contributed by atoms with E-state index in [-0.39, 0.29) is 0 Å². The quantitative estimate of drug-likeness (QED) is 0.796. The summed E-state index contributed by atoms with van der Waals surface area (Å²) < 4.78 is 11.2. The maximum Gasteiger partial charge on any atom is 0.231 e. The van der Waals surface area contributed by atoms with Gasteiger partial charge in [-0.1, -0.05) is 12.1 Å². The van der Waals surface area contributed by atoms with E-state index in [1.165, 1.54) is 18.4 Å². The number of benzene rings is 1. The Morgan fingerprint density at radius 2 is 2.13 bits per heavy atom. The highest BCUT2D eigenvalue weighted by atomic mass is 16.5. The minimum absolute atomic E-state index is 0.684. The number of methoxy groups -OCH3 is 1. The molecule has 0 aliphatic heterocycles. The van der Waals surface area contributed by atoms with Crippen LogP contribution in [-0.2, 0) is 19.4 Å². The Bertz CT molecular complexity index is 841. The molecule has 0 saturated carbocycles. The van der Waals surface area contributed by atoms with Crippen LogP contribution in [0.1, 0.15) is 29.7 Å². The smallest absolute Gasteiger partial charge is 0.231 e. The Morgan fingerprint density at radius 3 is 3.04 bits per heavy atom. The molecule has 118 valence electrons. The van der Waals surface area contributed by atoms with Gasteiger partial charge < -0.3 is 14.5 Å². The molecule has 1 aliphatic rings. The summed E-state index contributed by atoms with van der Waals surface area (Å²) in [5.74, 6) is 2.79. The Kier molecular flexibility index (Phi) is 3.61. The van der Waals surface area contributed by atoms with E-state index in [4.69, 9.17) is 9.15 Å². The number of aromatic nitrogens is 2. The molecule has 0 spiro atoms. The largest absolute Gasteiger partial charge is 0.497 e. The van der Waals surface area contributed by atoms with E-state index < -0.39 is 0 Å². The average molecular weight is 309 g/mol. The summed E-state index contributed by atoms with van der Waals surface area (Å²) in [5.41, 5.74) is 3.12. The lowest BCUT2D eigenvalue weighted by Crippen LogP contribution is -2.04. The average Bonchev–Trinajstić information content (AvgIpc) is 2.99. The van der Waals surface area contributed by atoms with Crippen molar-refractivity contribution in [3.05, 3.63) is 47.5 Å². The number of nitrogens with zero attached hydrogens (tertiary/aromatic N) is 2. The van der Waals surface area contributed by atoms with Crippen molar-refractivity contribution in [3.63, 3.8) is 0 Å². The van der Waals surface area contributed by atoms with Crippen molar-refractivity contribution in [1.29, 1.82) is 0 Å². The second-order valence-corrected chi connectivity index (χ2v) is 5.82. The molecule has 23 heavy (non-hydrogen) atoms. The van der Waals surface area contributed by atoms with Crippen LogP contribution < -0.4 is 10.1 Å². The van der Waals surface area contributed by atoms with Crippen LogP contribution in [0.25, 0.3) is 11.1 Å². The van der Waals surface area contributed by atoms with Gasteiger partial charge in [-0.2, -0.15) is 0 Å². The Balaban J connectivity index is 1.65. The van der Waals surface area contributed by atoms with E-state index in [2.05, 4.69) is 21.4 Å². The fraction of sp³-hybridized carbons (Fsp3) is 0.333. The lowest BCUT2D eigenvalue weighted by molar-refractivity contribution is 0.414. The first-order valence-electron chi connectivity index (χ1n) is 7.97. The number of anilines is 1. The highest BCUT2D eigenvalue weighted by molar-refractivity contribution is 5.90. The van der Waals surface area contributed by atoms with E-state index in [1.54, 1.807) is 13.4 Å². The number of hydrogen-bond acceptors (Lipinski definition) is 5. The Hall–Kier alpha value is -2.56. The van der Waals surface area contributed by atoms with Gasteiger partial charge in [0.25, 0.3) is 0 Å². The topological polar surface area (TPSA) is 60.2 Å². The lowest BCUT2D eigenvalue weighted by Gasteiger charge is -2.11. The number of nitrogens with one attached hydrogen (secondary N) is 1. The molecule has 3 aromatic rings. The first-order chi connectivity index (χ1) is 11.3. The second-order valence-electron chi connectivity index (χ2n) is 5.82. The maximum atomic E-state index is 5.91. The van der Waals surface area contributed by atoms with E-state index in [0.29, 0.717) is 12.3 Å². The molecule has 0 fully saturated rings. The van der Waals surface area contributed by atoms with Crippen LogP contribution in [-0.4, -0.2) is 17.1 Å². The zero-order valence-corrected chi connectivity index (χ0v) is 13.1. The molecule has 2 heterocycles. The van der Waals surface area contributed by atoms with Crippen LogP contribution >= 0.6 is 0 Å². The van der Waals surface area contributed by atoms with Crippen molar-refractivity contribution in [1.82, 2.24) is 9.97 Å². The zero-order valence-electron chi connectivity index (χ0n) is 13.1. The van der Waals surface area contributed by atoms with Gasteiger partial charge in [-0.3, -0.25) is 0 Å². The Morgan fingerprint density at radius 1 is 1.22 bits per heavy atom. The van der Waals surface area contributed by atoms with Gasteiger partial charge in [-0.15, -0.1) is 0 Å². The summed E-state index contributed by atoms with van der Waals surface area (Å²) >= 11 is 0. The molecule has 5 nitrogen and oxygen atoms in total. The van der Waals surface area contributed by atoms with Crippen LogP contribution in [0.15, 0.2) is 35.0 Å². The van der Waals surface area contributed by atoms with Crippen molar-refractivity contribution >= 4 is 16.9 Å². The number of rotatable bonds is 4. The monoisotopic (exact) mass is 309 g/mol. The van der Waals surface area contributed by atoms with Crippen LogP contribution in [0.5, 0.6) is 5.75 Å². The second kappa shape index (κ2) is 5.91. The molecule has 2 aromatic heterocycles. The molecular weight excluding hydrogens is 290 g/mol. The summed E-state index contributed by atoms with van der Waals surface area (Å²) in [6.45, 7) is 0.684. The number of aryl methyl sites for hydroxylation is 2. The standard InChI is InChI=1S/C18H19N3O2/c1-22-13-6-4-5-12(9-13)10-19-17-16-14-7-2-3-8-15(14)23-18(16)21-11-20-17/h4-6,9,11H,2-3,7-8,10H2,1H3,(H,19,20,21). The summed E-state index contributed by atoms with van der Waals surface area (Å²) in [7, 11) is 1.68. The summed E-state index contributed by atoms with van der Waals surface area (Å²) in [6.07, 6.45) is 5.99. The minimum atomic E-state index is 0.684. The van der Waals surface area contributed by atoms with Crippen molar-refractivity contribution in [3.8, 4) is 5.75 Å². The Labute approximate surface area is 134 Å². The van der Waals surface area contributed by atoms with E-state index in [9.17, 15) is 0 Å². The first kappa shape index (κ1) is 14.1. The van der Waals surface area contributed by atoms with E-state index in [1.807, 2.05) is 18.2 Å². The van der Waals surface area contributed by atoms with Crippen LogP contribution in [0.4, 0.5) is 5.82 Å². The number of fused-ring (bicyclic) bond motifs is 3. The molecule has 0 amide bonds. The van der Waals surface area contributed by atoms with Gasteiger partial charge in [-0.05, 0) is 37.0 Å². The maximum absolute atomic E-state index is 5.91. The predicted molar refractivity (Wildman–Crippen MR) is 88.8 cm³/mol. The van der Waals surface area contributed by atoms with E-state index >= 15 is 0 Å². The van der Waals surface area contributed by atoms with Crippen LogP contribution in [0.2, 0.25) is 0 Å². The summed E-state index contributed by atoms with van der Waals surface area (Å²) in [4.78, 5) is 8.72. The van der Waals surface area contributed by atoms with Gasteiger partial charge in [0.15, 0.2) is 0 Å². The summed E-state index contributed by atoms with van der Waals surface area (Å²) in [5, 5.41) is 4.47. The van der Waals surface area contributed by atoms with Crippen molar-refractivity contribution in [2.45, 2.75) is 32.2 Å². The molecule has 0 radical (unpaired) electrons. The molecule has 0 atom stereocenters. The van der Waals surface area contributed by atoms with Crippen LogP contribution in [0, 0.1) is 0 Å². The van der Waals surface area contributed by atoms with Crippen LogP contribution in [0.3, 0.4) is 0 Å². The SMILES string of the molecule is COc1cccc(CNc2ncnc3oc4c(c23)CCCC4)c1. The van der Waals surface area contributed by atoms with Crippen molar-refractivity contribution in [2.24, 2.45) is 0 Å². The molecule has 1 aliphatic carbocycles. The third-order valence-corrected chi connectivity index (χ3v) is 4.35. The third-order valence-electron chi connectivity index (χ3n) is 4.35. The lowest BCUT2D eigenvalue weighted by atomic mass is 9.96. The molecule has 0 bridgehead atoms. The van der Waals surface area contributed by atoms with Gasteiger partial charge in [0.05, 0.1) is 12.5 Å². The highest BCUT2D eigenvalue weighted by Gasteiger charge is 2.21. The highest BCUT2D eigenvalue weighted by Crippen LogP contribution is 2.34. The van der Waals surface area contributed by atoms with Crippen molar-refractivity contribution < 1.29 is 9.15 Å².